The minimum atomic E-state index is -4.06. The van der Waals surface area contributed by atoms with Crippen molar-refractivity contribution in [3.05, 3.63) is 40.3 Å². The average molecular weight is 313 g/mol. The number of aryl methyl sites for hydroxylation is 1. The fourth-order valence-electron chi connectivity index (χ4n) is 1.55. The van der Waals surface area contributed by atoms with Gasteiger partial charge in [0.1, 0.15) is 11.2 Å². The number of rotatable bonds is 5. The molecule has 0 aliphatic carbocycles. The van der Waals surface area contributed by atoms with Crippen molar-refractivity contribution in [2.75, 3.05) is 10.1 Å². The van der Waals surface area contributed by atoms with Crippen molar-refractivity contribution in [3.63, 3.8) is 0 Å². The van der Waals surface area contributed by atoms with E-state index in [1.165, 1.54) is 6.26 Å². The highest BCUT2D eigenvalue weighted by atomic mass is 32.2. The van der Waals surface area contributed by atoms with Gasteiger partial charge in [0, 0.05) is 12.1 Å². The lowest BCUT2D eigenvalue weighted by Gasteiger charge is -2.09. The fourth-order valence-corrected chi connectivity index (χ4v) is 2.64. The van der Waals surface area contributed by atoms with Crippen LogP contribution in [-0.4, -0.2) is 18.3 Å². The second-order valence-corrected chi connectivity index (χ2v) is 5.63. The normalized spacial score (nSPS) is 11.1. The van der Waals surface area contributed by atoms with Gasteiger partial charge in [-0.25, -0.2) is 13.1 Å². The molecule has 0 amide bonds. The standard InChI is InChI=1S/C10H11N5O5S/c1-6-5-20-10(12-6)14-21(18,19)9-3-2-7(15(16)17)4-8(9)13-11/h2-5,13H,11H2,1H3,(H,12,14). The lowest BCUT2D eigenvalue weighted by Crippen LogP contribution is -2.18. The Balaban J connectivity index is 2.42. The van der Waals surface area contributed by atoms with Gasteiger partial charge in [0.05, 0.1) is 16.3 Å². The number of nitrogens with two attached hydrogens (primary N) is 1. The number of nitrogens with zero attached hydrogens (tertiary/aromatic N) is 2. The largest absolute Gasteiger partial charge is 0.431 e. The summed E-state index contributed by atoms with van der Waals surface area (Å²) in [6.07, 6.45) is 1.27. The topological polar surface area (TPSA) is 153 Å². The van der Waals surface area contributed by atoms with E-state index in [1.54, 1.807) is 6.92 Å². The lowest BCUT2D eigenvalue weighted by molar-refractivity contribution is -0.384. The summed E-state index contributed by atoms with van der Waals surface area (Å²) in [5.41, 5.74) is 2.18. The molecular weight excluding hydrogens is 302 g/mol. The number of hydrogen-bond acceptors (Lipinski definition) is 8. The van der Waals surface area contributed by atoms with Gasteiger partial charge < -0.3 is 9.84 Å². The number of nitrogens with one attached hydrogen (secondary N) is 2. The predicted molar refractivity (Wildman–Crippen MR) is 73.0 cm³/mol. The number of nitrogen functional groups attached to an aromatic ring is 1. The van der Waals surface area contributed by atoms with Crippen LogP contribution in [0.5, 0.6) is 0 Å². The van der Waals surface area contributed by atoms with Crippen LogP contribution >= 0.6 is 0 Å². The summed E-state index contributed by atoms with van der Waals surface area (Å²) in [7, 11) is -4.06. The minimum Gasteiger partial charge on any atom is -0.431 e. The zero-order valence-electron chi connectivity index (χ0n) is 10.7. The van der Waals surface area contributed by atoms with Crippen molar-refractivity contribution in [2.24, 2.45) is 5.84 Å². The molecule has 2 aromatic rings. The van der Waals surface area contributed by atoms with Crippen LogP contribution in [0.25, 0.3) is 0 Å². The maximum absolute atomic E-state index is 12.2. The van der Waals surface area contributed by atoms with Crippen LogP contribution in [0.15, 0.2) is 33.8 Å². The van der Waals surface area contributed by atoms with Gasteiger partial charge in [-0.1, -0.05) is 0 Å². The van der Waals surface area contributed by atoms with Crippen molar-refractivity contribution < 1.29 is 17.8 Å². The number of sulfonamides is 1. The first-order valence-corrected chi connectivity index (χ1v) is 7.02. The summed E-state index contributed by atoms with van der Waals surface area (Å²) in [6.45, 7) is 1.63. The highest BCUT2D eigenvalue weighted by Gasteiger charge is 2.22. The van der Waals surface area contributed by atoms with E-state index in [2.05, 4.69) is 15.1 Å². The molecule has 0 bridgehead atoms. The maximum atomic E-state index is 12.2. The third kappa shape index (κ3) is 3.09. The van der Waals surface area contributed by atoms with Crippen molar-refractivity contribution in [1.29, 1.82) is 0 Å². The van der Waals surface area contributed by atoms with Gasteiger partial charge in [0.15, 0.2) is 0 Å². The molecule has 0 saturated carbocycles. The highest BCUT2D eigenvalue weighted by molar-refractivity contribution is 7.92. The zero-order valence-corrected chi connectivity index (χ0v) is 11.5. The first-order chi connectivity index (χ1) is 9.83. The Morgan fingerprint density at radius 3 is 2.67 bits per heavy atom. The SMILES string of the molecule is Cc1coc(NS(=O)(=O)c2ccc([N+](=O)[O-])cc2NN)n1. The van der Waals surface area contributed by atoms with Crippen molar-refractivity contribution in [1.82, 2.24) is 4.98 Å². The second-order valence-electron chi connectivity index (χ2n) is 3.98. The molecule has 2 rings (SSSR count). The van der Waals surface area contributed by atoms with Crippen molar-refractivity contribution in [2.45, 2.75) is 11.8 Å². The number of benzene rings is 1. The van der Waals surface area contributed by atoms with E-state index >= 15 is 0 Å². The van der Waals surface area contributed by atoms with Crippen LogP contribution < -0.4 is 16.0 Å². The van der Waals surface area contributed by atoms with Crippen molar-refractivity contribution >= 4 is 27.4 Å². The number of hydrogen-bond donors (Lipinski definition) is 3. The van der Waals surface area contributed by atoms with Gasteiger partial charge in [-0.15, -0.1) is 0 Å². The minimum absolute atomic E-state index is 0.125. The van der Waals surface area contributed by atoms with Gasteiger partial charge in [0.2, 0.25) is 0 Å². The number of anilines is 2. The van der Waals surface area contributed by atoms with Gasteiger partial charge in [-0.05, 0) is 13.0 Å². The molecule has 0 spiro atoms. The number of aromatic nitrogens is 1. The van der Waals surface area contributed by atoms with Crippen LogP contribution in [0.1, 0.15) is 5.69 Å². The summed E-state index contributed by atoms with van der Waals surface area (Å²) < 4.78 is 31.4. The molecular formula is C10H11N5O5S. The average Bonchev–Trinajstić information content (AvgIpc) is 2.82. The number of hydrazine groups is 1. The van der Waals surface area contributed by atoms with Gasteiger partial charge in [-0.3, -0.25) is 16.0 Å². The van der Waals surface area contributed by atoms with E-state index < -0.39 is 14.9 Å². The number of non-ortho nitro benzene ring substituents is 1. The van der Waals surface area contributed by atoms with E-state index in [0.717, 1.165) is 18.2 Å². The summed E-state index contributed by atoms with van der Waals surface area (Å²) in [4.78, 5) is 13.5. The Hall–Kier alpha value is -2.66. The Kier molecular flexibility index (Phi) is 3.78. The molecule has 0 saturated heterocycles. The molecule has 1 heterocycles. The smallest absolute Gasteiger partial charge is 0.309 e. The van der Waals surface area contributed by atoms with Gasteiger partial charge in [0.25, 0.3) is 15.7 Å². The molecule has 4 N–H and O–H groups in total. The fraction of sp³-hybridized carbons (Fsp3) is 0.100. The van der Waals surface area contributed by atoms with E-state index in [1.807, 2.05) is 0 Å². The summed E-state index contributed by atoms with van der Waals surface area (Å²) in [5.74, 6) is 5.21. The Labute approximate surface area is 119 Å². The molecule has 0 radical (unpaired) electrons. The monoisotopic (exact) mass is 313 g/mol. The first-order valence-electron chi connectivity index (χ1n) is 5.53. The van der Waals surface area contributed by atoms with E-state index in [-0.39, 0.29) is 22.3 Å². The molecule has 0 aliphatic heterocycles. The van der Waals surface area contributed by atoms with Crippen LogP contribution in [0.2, 0.25) is 0 Å². The third-order valence-electron chi connectivity index (χ3n) is 2.46. The molecule has 0 atom stereocenters. The van der Waals surface area contributed by atoms with E-state index in [0.29, 0.717) is 5.69 Å². The maximum Gasteiger partial charge on any atom is 0.309 e. The molecule has 1 aromatic carbocycles. The molecule has 0 aliphatic rings. The second kappa shape index (κ2) is 5.38. The van der Waals surface area contributed by atoms with Crippen LogP contribution in [0.3, 0.4) is 0 Å². The summed E-state index contributed by atoms with van der Waals surface area (Å²) in [6, 6.07) is 2.91. The quantitative estimate of drug-likeness (QED) is 0.419. The Morgan fingerprint density at radius 2 is 2.14 bits per heavy atom. The molecule has 21 heavy (non-hydrogen) atoms. The molecule has 0 fully saturated rings. The van der Waals surface area contributed by atoms with Crippen LogP contribution in [0, 0.1) is 17.0 Å². The van der Waals surface area contributed by atoms with E-state index in [9.17, 15) is 18.5 Å². The number of oxazole rings is 1. The predicted octanol–water partition coefficient (Wildman–Crippen LogP) is 0.978. The third-order valence-corrected chi connectivity index (χ3v) is 3.84. The molecule has 11 heteroatoms. The van der Waals surface area contributed by atoms with Gasteiger partial charge in [-0.2, -0.15) is 4.98 Å². The van der Waals surface area contributed by atoms with Crippen LogP contribution in [-0.2, 0) is 10.0 Å². The molecule has 1 aromatic heterocycles. The van der Waals surface area contributed by atoms with Crippen molar-refractivity contribution in [3.8, 4) is 0 Å². The highest BCUT2D eigenvalue weighted by Crippen LogP contribution is 2.27. The lowest BCUT2D eigenvalue weighted by atomic mass is 10.3. The summed E-state index contributed by atoms with van der Waals surface area (Å²) in [5, 5.41) is 10.7. The number of nitro groups is 1. The molecule has 10 nitrogen and oxygen atoms in total. The molecule has 112 valence electrons. The molecule has 0 unspecified atom stereocenters. The first kappa shape index (κ1) is 14.7. The Bertz CT molecular complexity index is 785. The Morgan fingerprint density at radius 1 is 1.43 bits per heavy atom. The van der Waals surface area contributed by atoms with Gasteiger partial charge >= 0.3 is 6.01 Å². The van der Waals surface area contributed by atoms with E-state index in [4.69, 9.17) is 10.3 Å². The zero-order chi connectivity index (χ0) is 15.6. The van der Waals surface area contributed by atoms with Crippen LogP contribution in [0.4, 0.5) is 17.4 Å². The summed E-state index contributed by atoms with van der Waals surface area (Å²) >= 11 is 0. The number of nitro benzene ring substituents is 1.